The van der Waals surface area contributed by atoms with E-state index < -0.39 is 0 Å². The van der Waals surface area contributed by atoms with Gasteiger partial charge < -0.3 is 10.6 Å². The van der Waals surface area contributed by atoms with Crippen molar-refractivity contribution < 1.29 is 0 Å². The molecule has 0 aliphatic rings. The Bertz CT molecular complexity index is 1140. The fraction of sp³-hybridized carbons (Fsp3) is 0.0909. The molecule has 0 atom stereocenters. The molecule has 0 spiro atoms. The fourth-order valence-corrected chi connectivity index (χ4v) is 3.33. The molecule has 0 saturated carbocycles. The average Bonchev–Trinajstić information content (AvgIpc) is 2.70. The van der Waals surface area contributed by atoms with E-state index in [1.807, 2.05) is 73.7 Å². The number of nitrogens with one attached hydrogen (secondary N) is 2. The van der Waals surface area contributed by atoms with Crippen molar-refractivity contribution in [3.8, 4) is 0 Å². The molecule has 3 aromatic carbocycles. The number of benzene rings is 3. The first-order chi connectivity index (χ1) is 13.6. The minimum atomic E-state index is 0.505. The first-order valence-corrected chi connectivity index (χ1v) is 9.63. The van der Waals surface area contributed by atoms with E-state index in [2.05, 4.69) is 15.6 Å². The van der Waals surface area contributed by atoms with E-state index in [9.17, 15) is 0 Å². The van der Waals surface area contributed by atoms with E-state index in [0.29, 0.717) is 17.5 Å². The summed E-state index contributed by atoms with van der Waals surface area (Å²) in [7, 11) is 0. The van der Waals surface area contributed by atoms with Crippen LogP contribution < -0.4 is 10.6 Å². The molecule has 0 aliphatic heterocycles. The van der Waals surface area contributed by atoms with Crippen LogP contribution in [0.2, 0.25) is 10.0 Å². The lowest BCUT2D eigenvalue weighted by molar-refractivity contribution is 1.10. The summed E-state index contributed by atoms with van der Waals surface area (Å²) < 4.78 is 0. The molecular formula is C22H18Cl2N4. The van der Waals surface area contributed by atoms with Crippen LogP contribution in [0.4, 0.5) is 17.5 Å². The lowest BCUT2D eigenvalue weighted by Crippen LogP contribution is -2.06. The summed E-state index contributed by atoms with van der Waals surface area (Å²) in [6, 6.07) is 21.4. The molecule has 0 unspecified atom stereocenters. The number of fused-ring (bicyclic) bond motifs is 1. The molecule has 140 valence electrons. The van der Waals surface area contributed by atoms with E-state index in [-0.39, 0.29) is 0 Å². The van der Waals surface area contributed by atoms with Crippen molar-refractivity contribution in [3.63, 3.8) is 0 Å². The zero-order valence-corrected chi connectivity index (χ0v) is 16.7. The van der Waals surface area contributed by atoms with Crippen molar-refractivity contribution in [2.75, 3.05) is 10.6 Å². The van der Waals surface area contributed by atoms with Crippen LogP contribution in [0.3, 0.4) is 0 Å². The van der Waals surface area contributed by atoms with Gasteiger partial charge in [0.05, 0.1) is 5.52 Å². The maximum absolute atomic E-state index is 6.28. The summed E-state index contributed by atoms with van der Waals surface area (Å²) in [5.41, 5.74) is 3.68. The number of hydrogen-bond acceptors (Lipinski definition) is 4. The Labute approximate surface area is 173 Å². The van der Waals surface area contributed by atoms with Crippen molar-refractivity contribution in [2.45, 2.75) is 13.5 Å². The Morgan fingerprint density at radius 2 is 1.57 bits per heavy atom. The molecule has 1 aromatic heterocycles. The molecule has 0 saturated heterocycles. The molecule has 4 aromatic rings. The largest absolute Gasteiger partial charge is 0.365 e. The van der Waals surface area contributed by atoms with Crippen molar-refractivity contribution >= 4 is 51.6 Å². The number of halogens is 2. The molecule has 28 heavy (non-hydrogen) atoms. The van der Waals surface area contributed by atoms with Crippen LogP contribution in [-0.2, 0) is 6.54 Å². The molecular weight excluding hydrogens is 391 g/mol. The second-order valence-corrected chi connectivity index (χ2v) is 7.21. The normalized spacial score (nSPS) is 10.8. The number of nitrogens with zero attached hydrogens (tertiary/aromatic N) is 2. The number of para-hydroxylation sites is 1. The van der Waals surface area contributed by atoms with E-state index in [1.165, 1.54) is 0 Å². The van der Waals surface area contributed by atoms with Crippen LogP contribution in [0.15, 0.2) is 66.7 Å². The van der Waals surface area contributed by atoms with Crippen LogP contribution in [0.1, 0.15) is 11.1 Å². The Hall–Kier alpha value is -2.82. The van der Waals surface area contributed by atoms with Gasteiger partial charge in [0.15, 0.2) is 0 Å². The van der Waals surface area contributed by atoms with E-state index >= 15 is 0 Å². The van der Waals surface area contributed by atoms with Crippen molar-refractivity contribution in [1.29, 1.82) is 0 Å². The monoisotopic (exact) mass is 408 g/mol. The van der Waals surface area contributed by atoms with Gasteiger partial charge in [0.1, 0.15) is 5.82 Å². The average molecular weight is 409 g/mol. The molecule has 0 radical (unpaired) electrons. The Morgan fingerprint density at radius 3 is 2.43 bits per heavy atom. The minimum Gasteiger partial charge on any atom is -0.365 e. The Kier molecular flexibility index (Phi) is 5.33. The summed E-state index contributed by atoms with van der Waals surface area (Å²) in [4.78, 5) is 9.34. The SMILES string of the molecule is Cc1c(Cl)cccc1Nc1nc(NCc2ccccc2Cl)c2ccccc2n1. The number of rotatable bonds is 5. The highest BCUT2D eigenvalue weighted by atomic mass is 35.5. The highest BCUT2D eigenvalue weighted by Crippen LogP contribution is 2.28. The highest BCUT2D eigenvalue weighted by molar-refractivity contribution is 6.31. The standard InChI is InChI=1S/C22H18Cl2N4/c1-14-17(23)10-6-12-19(14)26-22-27-20-11-5-3-8-16(20)21(28-22)25-13-15-7-2-4-9-18(15)24/h2-12H,13H2,1H3,(H2,25,26,27,28). The molecule has 0 aliphatic carbocycles. The second-order valence-electron chi connectivity index (χ2n) is 6.40. The number of hydrogen-bond donors (Lipinski definition) is 2. The van der Waals surface area contributed by atoms with Gasteiger partial charge in [0, 0.05) is 27.7 Å². The van der Waals surface area contributed by atoms with Crippen molar-refractivity contribution in [2.24, 2.45) is 0 Å². The first kappa shape index (κ1) is 18.5. The number of aromatic nitrogens is 2. The zero-order valence-electron chi connectivity index (χ0n) is 15.2. The third-order valence-electron chi connectivity index (χ3n) is 4.52. The maximum atomic E-state index is 6.28. The molecule has 0 fully saturated rings. The van der Waals surface area contributed by atoms with Crippen LogP contribution >= 0.6 is 23.2 Å². The van der Waals surface area contributed by atoms with Gasteiger partial charge in [-0.05, 0) is 48.4 Å². The molecule has 0 amide bonds. The van der Waals surface area contributed by atoms with Crippen LogP contribution in [0, 0.1) is 6.92 Å². The van der Waals surface area contributed by atoms with Crippen LogP contribution in [0.25, 0.3) is 10.9 Å². The van der Waals surface area contributed by atoms with Crippen molar-refractivity contribution in [1.82, 2.24) is 9.97 Å². The summed E-state index contributed by atoms with van der Waals surface area (Å²) in [5, 5.41) is 9.05. The van der Waals surface area contributed by atoms with E-state index in [1.54, 1.807) is 0 Å². The molecule has 6 heteroatoms. The van der Waals surface area contributed by atoms with Gasteiger partial charge in [0.2, 0.25) is 5.95 Å². The van der Waals surface area contributed by atoms with Gasteiger partial charge in [-0.25, -0.2) is 4.98 Å². The highest BCUT2D eigenvalue weighted by Gasteiger charge is 2.10. The summed E-state index contributed by atoms with van der Waals surface area (Å²) in [6.07, 6.45) is 0. The van der Waals surface area contributed by atoms with Gasteiger partial charge in [-0.2, -0.15) is 4.98 Å². The third kappa shape index (κ3) is 3.88. The third-order valence-corrected chi connectivity index (χ3v) is 5.30. The summed E-state index contributed by atoms with van der Waals surface area (Å²) >= 11 is 12.5. The van der Waals surface area contributed by atoms with Crippen molar-refractivity contribution in [3.05, 3.63) is 87.9 Å². The Morgan fingerprint density at radius 1 is 0.821 bits per heavy atom. The topological polar surface area (TPSA) is 49.8 Å². The van der Waals surface area contributed by atoms with Gasteiger partial charge in [0.25, 0.3) is 0 Å². The minimum absolute atomic E-state index is 0.505. The molecule has 0 bridgehead atoms. The lowest BCUT2D eigenvalue weighted by atomic mass is 10.2. The van der Waals surface area contributed by atoms with Gasteiger partial charge in [-0.3, -0.25) is 0 Å². The van der Waals surface area contributed by atoms with E-state index in [4.69, 9.17) is 28.2 Å². The smallest absolute Gasteiger partial charge is 0.229 e. The predicted octanol–water partition coefficient (Wildman–Crippen LogP) is 6.60. The van der Waals surface area contributed by atoms with Crippen LogP contribution in [0.5, 0.6) is 0 Å². The van der Waals surface area contributed by atoms with Gasteiger partial charge in [-0.15, -0.1) is 0 Å². The number of anilines is 3. The first-order valence-electron chi connectivity index (χ1n) is 8.88. The molecule has 4 rings (SSSR count). The van der Waals surface area contributed by atoms with E-state index in [0.717, 1.165) is 38.6 Å². The Balaban J connectivity index is 1.69. The second kappa shape index (κ2) is 8.05. The molecule has 2 N–H and O–H groups in total. The summed E-state index contributed by atoms with van der Waals surface area (Å²) in [6.45, 7) is 2.53. The molecule has 4 nitrogen and oxygen atoms in total. The fourth-order valence-electron chi connectivity index (χ4n) is 2.95. The zero-order chi connectivity index (χ0) is 19.5. The lowest BCUT2D eigenvalue weighted by Gasteiger charge is -2.14. The summed E-state index contributed by atoms with van der Waals surface area (Å²) in [5.74, 6) is 1.25. The van der Waals surface area contributed by atoms with Gasteiger partial charge >= 0.3 is 0 Å². The molecule has 1 heterocycles. The van der Waals surface area contributed by atoms with Crippen LogP contribution in [-0.4, -0.2) is 9.97 Å². The quantitative estimate of drug-likeness (QED) is 0.390. The predicted molar refractivity (Wildman–Crippen MR) is 118 cm³/mol. The maximum Gasteiger partial charge on any atom is 0.229 e. The van der Waals surface area contributed by atoms with Gasteiger partial charge in [-0.1, -0.05) is 59.6 Å².